The average Bonchev–Trinajstić information content (AvgIpc) is 2.46. The summed E-state index contributed by atoms with van der Waals surface area (Å²) in [6.45, 7) is 2.14. The lowest BCUT2D eigenvalue weighted by atomic mass is 10.1. The van der Waals surface area contributed by atoms with Crippen LogP contribution < -0.4 is 4.90 Å². The largest absolute Gasteiger partial charge is 0.348 e. The summed E-state index contributed by atoms with van der Waals surface area (Å²) in [5.74, 6) is 0.0666. The van der Waals surface area contributed by atoms with E-state index in [0.717, 1.165) is 5.69 Å². The molecule has 0 bridgehead atoms. The fourth-order valence-electron chi connectivity index (χ4n) is 1.91. The number of carbonyl (C=O) groups is 1. The summed E-state index contributed by atoms with van der Waals surface area (Å²) in [5, 5.41) is 0. The van der Waals surface area contributed by atoms with E-state index in [0.29, 0.717) is 5.56 Å². The van der Waals surface area contributed by atoms with Crippen LogP contribution in [0.4, 0.5) is 5.69 Å². The Labute approximate surface area is 118 Å². The third kappa shape index (κ3) is 3.58. The molecule has 0 amide bonds. The molecule has 2 rings (SSSR count). The Morgan fingerprint density at radius 1 is 1.05 bits per heavy atom. The minimum atomic E-state index is -0.241. The van der Waals surface area contributed by atoms with Crippen molar-refractivity contribution in [2.75, 3.05) is 11.4 Å². The Hall–Kier alpha value is -1.80. The number of alkyl halides is 1. The number of rotatable bonds is 5. The summed E-state index contributed by atoms with van der Waals surface area (Å²) in [4.78, 5) is 14.1. The zero-order valence-electron chi connectivity index (χ0n) is 10.8. The van der Waals surface area contributed by atoms with E-state index in [1.807, 2.05) is 72.5 Å². The molecular weight excluding hydrogens is 258 g/mol. The van der Waals surface area contributed by atoms with E-state index in [2.05, 4.69) is 0 Å². The third-order valence-corrected chi connectivity index (χ3v) is 3.16. The minimum Gasteiger partial charge on any atom is -0.348 e. The second-order valence-electron chi connectivity index (χ2n) is 4.33. The molecule has 2 aromatic rings. The number of hydrogen-bond donors (Lipinski definition) is 0. The van der Waals surface area contributed by atoms with Crippen molar-refractivity contribution in [3.05, 3.63) is 66.2 Å². The van der Waals surface area contributed by atoms with Gasteiger partial charge in [-0.15, -0.1) is 0 Å². The SMILES string of the molecule is CC(Cl)N(CC(=O)c1ccccc1)c1ccccc1. The Kier molecular flexibility index (Phi) is 4.58. The van der Waals surface area contributed by atoms with E-state index in [4.69, 9.17) is 11.6 Å². The van der Waals surface area contributed by atoms with Crippen molar-refractivity contribution in [2.24, 2.45) is 0 Å². The van der Waals surface area contributed by atoms with Gasteiger partial charge in [0.15, 0.2) is 5.78 Å². The molecule has 0 spiro atoms. The first-order valence-electron chi connectivity index (χ1n) is 6.22. The van der Waals surface area contributed by atoms with Gasteiger partial charge in [-0.3, -0.25) is 4.79 Å². The normalized spacial score (nSPS) is 11.9. The zero-order chi connectivity index (χ0) is 13.7. The number of halogens is 1. The summed E-state index contributed by atoms with van der Waals surface area (Å²) in [7, 11) is 0. The van der Waals surface area contributed by atoms with Crippen LogP contribution in [0.1, 0.15) is 17.3 Å². The maximum absolute atomic E-state index is 12.2. The molecule has 0 aliphatic heterocycles. The van der Waals surface area contributed by atoms with Gasteiger partial charge in [0.05, 0.1) is 6.54 Å². The lowest BCUT2D eigenvalue weighted by molar-refractivity contribution is 0.0998. The second-order valence-corrected chi connectivity index (χ2v) is 4.96. The summed E-state index contributed by atoms with van der Waals surface area (Å²) in [6, 6.07) is 19.0. The highest BCUT2D eigenvalue weighted by Gasteiger charge is 2.16. The lowest BCUT2D eigenvalue weighted by Gasteiger charge is -2.26. The predicted molar refractivity (Wildman–Crippen MR) is 79.9 cm³/mol. The number of para-hydroxylation sites is 1. The molecule has 19 heavy (non-hydrogen) atoms. The molecule has 2 aromatic carbocycles. The fourth-order valence-corrected chi connectivity index (χ4v) is 2.09. The van der Waals surface area contributed by atoms with Crippen LogP contribution in [0.2, 0.25) is 0 Å². The Morgan fingerprint density at radius 3 is 2.11 bits per heavy atom. The van der Waals surface area contributed by atoms with Gasteiger partial charge in [0.1, 0.15) is 5.50 Å². The molecule has 1 unspecified atom stereocenters. The molecule has 2 nitrogen and oxygen atoms in total. The standard InChI is InChI=1S/C16H16ClNO/c1-13(17)18(15-10-6-3-7-11-15)12-16(19)14-8-4-2-5-9-14/h2-11,13H,12H2,1H3. The van der Waals surface area contributed by atoms with E-state index in [1.54, 1.807) is 0 Å². The van der Waals surface area contributed by atoms with Crippen LogP contribution in [0.15, 0.2) is 60.7 Å². The van der Waals surface area contributed by atoms with Crippen LogP contribution in [0.25, 0.3) is 0 Å². The van der Waals surface area contributed by atoms with Crippen molar-refractivity contribution in [2.45, 2.75) is 12.4 Å². The quantitative estimate of drug-likeness (QED) is 0.467. The number of benzene rings is 2. The Bertz CT molecular complexity index is 525. The second kappa shape index (κ2) is 6.39. The first-order valence-corrected chi connectivity index (χ1v) is 6.66. The van der Waals surface area contributed by atoms with E-state index >= 15 is 0 Å². The maximum atomic E-state index is 12.2. The van der Waals surface area contributed by atoms with Crippen molar-refractivity contribution in [1.82, 2.24) is 0 Å². The highest BCUT2D eigenvalue weighted by Crippen LogP contribution is 2.19. The molecular formula is C16H16ClNO. The molecule has 0 aliphatic rings. The molecule has 0 aliphatic carbocycles. The van der Waals surface area contributed by atoms with Crippen LogP contribution in [-0.4, -0.2) is 17.8 Å². The maximum Gasteiger partial charge on any atom is 0.182 e. The van der Waals surface area contributed by atoms with Gasteiger partial charge in [-0.05, 0) is 19.1 Å². The summed E-state index contributed by atoms with van der Waals surface area (Å²) < 4.78 is 0. The first kappa shape index (κ1) is 13.6. The van der Waals surface area contributed by atoms with Crippen molar-refractivity contribution in [3.63, 3.8) is 0 Å². The number of carbonyl (C=O) groups excluding carboxylic acids is 1. The van der Waals surface area contributed by atoms with Gasteiger partial charge >= 0.3 is 0 Å². The van der Waals surface area contributed by atoms with Crippen LogP contribution in [0.3, 0.4) is 0 Å². The van der Waals surface area contributed by atoms with Crippen molar-refractivity contribution >= 4 is 23.1 Å². The number of Topliss-reactive ketones (excluding diaryl/α,β-unsaturated/α-hetero) is 1. The summed E-state index contributed by atoms with van der Waals surface area (Å²) >= 11 is 6.18. The fraction of sp³-hybridized carbons (Fsp3) is 0.188. The third-order valence-electron chi connectivity index (χ3n) is 2.93. The van der Waals surface area contributed by atoms with Crippen molar-refractivity contribution < 1.29 is 4.79 Å². The van der Waals surface area contributed by atoms with E-state index in [1.165, 1.54) is 0 Å². The van der Waals surface area contributed by atoms with Gasteiger partial charge in [0, 0.05) is 11.3 Å². The van der Waals surface area contributed by atoms with E-state index < -0.39 is 0 Å². The summed E-state index contributed by atoms with van der Waals surface area (Å²) in [5.41, 5.74) is 1.42. The molecule has 0 aromatic heterocycles. The van der Waals surface area contributed by atoms with Gasteiger partial charge in [0.2, 0.25) is 0 Å². The molecule has 0 heterocycles. The molecule has 0 radical (unpaired) electrons. The van der Waals surface area contributed by atoms with Crippen LogP contribution >= 0.6 is 11.6 Å². The molecule has 1 atom stereocenters. The molecule has 0 saturated carbocycles. The number of ketones is 1. The predicted octanol–water partition coefficient (Wildman–Crippen LogP) is 3.96. The molecule has 0 saturated heterocycles. The zero-order valence-corrected chi connectivity index (χ0v) is 11.5. The van der Waals surface area contributed by atoms with Crippen LogP contribution in [-0.2, 0) is 0 Å². The van der Waals surface area contributed by atoms with E-state index in [9.17, 15) is 4.79 Å². The topological polar surface area (TPSA) is 20.3 Å². The first-order chi connectivity index (χ1) is 9.18. The van der Waals surface area contributed by atoms with Crippen LogP contribution in [0.5, 0.6) is 0 Å². The van der Waals surface area contributed by atoms with E-state index in [-0.39, 0.29) is 17.8 Å². The smallest absolute Gasteiger partial charge is 0.182 e. The average molecular weight is 274 g/mol. The Balaban J connectivity index is 2.17. The van der Waals surface area contributed by atoms with Crippen LogP contribution in [0, 0.1) is 0 Å². The Morgan fingerprint density at radius 2 is 1.58 bits per heavy atom. The number of hydrogen-bond acceptors (Lipinski definition) is 2. The highest BCUT2D eigenvalue weighted by molar-refractivity contribution is 6.22. The van der Waals surface area contributed by atoms with Gasteiger partial charge in [-0.1, -0.05) is 60.1 Å². The van der Waals surface area contributed by atoms with Gasteiger partial charge in [-0.25, -0.2) is 0 Å². The van der Waals surface area contributed by atoms with Gasteiger partial charge in [0.25, 0.3) is 0 Å². The molecule has 0 N–H and O–H groups in total. The summed E-state index contributed by atoms with van der Waals surface area (Å²) in [6.07, 6.45) is 0. The van der Waals surface area contributed by atoms with Crippen molar-refractivity contribution in [1.29, 1.82) is 0 Å². The lowest BCUT2D eigenvalue weighted by Crippen LogP contribution is -2.34. The number of anilines is 1. The van der Waals surface area contributed by atoms with Gasteiger partial charge < -0.3 is 4.90 Å². The molecule has 98 valence electrons. The molecule has 3 heteroatoms. The highest BCUT2D eigenvalue weighted by atomic mass is 35.5. The molecule has 0 fully saturated rings. The monoisotopic (exact) mass is 273 g/mol. The van der Waals surface area contributed by atoms with Crippen molar-refractivity contribution in [3.8, 4) is 0 Å². The van der Waals surface area contributed by atoms with Gasteiger partial charge in [-0.2, -0.15) is 0 Å². The number of nitrogens with zero attached hydrogens (tertiary/aromatic N) is 1. The minimum absolute atomic E-state index is 0.0666.